The molecule has 0 saturated carbocycles. The number of benzene rings is 1. The Morgan fingerprint density at radius 1 is 1.17 bits per heavy atom. The fourth-order valence-corrected chi connectivity index (χ4v) is 2.02. The summed E-state index contributed by atoms with van der Waals surface area (Å²) in [6.45, 7) is 0. The van der Waals surface area contributed by atoms with Crippen molar-refractivity contribution in [1.29, 1.82) is 0 Å². The fourth-order valence-electron chi connectivity index (χ4n) is 2.02. The summed E-state index contributed by atoms with van der Waals surface area (Å²) in [7, 11) is 3.65. The lowest BCUT2D eigenvalue weighted by Gasteiger charge is -2.02. The number of pyridine rings is 1. The zero-order valence-electron chi connectivity index (χ0n) is 10.3. The lowest BCUT2D eigenvalue weighted by atomic mass is 10.3. The minimum atomic E-state index is 0.832. The van der Waals surface area contributed by atoms with Crippen molar-refractivity contribution in [2.75, 3.05) is 7.11 Å². The molecule has 3 aromatic rings. The molecule has 0 aliphatic rings. The van der Waals surface area contributed by atoms with E-state index in [0.29, 0.717) is 0 Å². The van der Waals surface area contributed by atoms with E-state index in [-0.39, 0.29) is 0 Å². The molecule has 0 fully saturated rings. The monoisotopic (exact) mass is 239 g/mol. The second-order valence-corrected chi connectivity index (χ2v) is 4.06. The van der Waals surface area contributed by atoms with Gasteiger partial charge in [0.25, 0.3) is 0 Å². The van der Waals surface area contributed by atoms with Gasteiger partial charge < -0.3 is 9.30 Å². The minimum absolute atomic E-state index is 0.832. The van der Waals surface area contributed by atoms with Gasteiger partial charge in [-0.1, -0.05) is 6.07 Å². The van der Waals surface area contributed by atoms with Crippen molar-refractivity contribution in [2.45, 2.75) is 0 Å². The van der Waals surface area contributed by atoms with Gasteiger partial charge in [-0.3, -0.25) is 4.98 Å². The number of fused-ring (bicyclic) bond motifs is 1. The topological polar surface area (TPSA) is 39.9 Å². The van der Waals surface area contributed by atoms with Crippen LogP contribution >= 0.6 is 0 Å². The SMILES string of the molecule is COc1ccc2nc(-c3ccccn3)n(C)c2c1. The van der Waals surface area contributed by atoms with E-state index in [0.717, 1.165) is 28.3 Å². The standard InChI is InChI=1S/C14H13N3O/c1-17-13-9-10(18-2)6-7-11(13)16-14(17)12-5-3-4-8-15-12/h3-9H,1-2H3. The minimum Gasteiger partial charge on any atom is -0.497 e. The van der Waals surface area contributed by atoms with Crippen LogP contribution in [-0.4, -0.2) is 21.6 Å². The molecule has 0 bridgehead atoms. The van der Waals surface area contributed by atoms with Gasteiger partial charge >= 0.3 is 0 Å². The molecule has 3 rings (SSSR count). The first-order valence-corrected chi connectivity index (χ1v) is 5.71. The largest absolute Gasteiger partial charge is 0.497 e. The lowest BCUT2D eigenvalue weighted by molar-refractivity contribution is 0.415. The average molecular weight is 239 g/mol. The maximum Gasteiger partial charge on any atom is 0.159 e. The van der Waals surface area contributed by atoms with Gasteiger partial charge in [-0.25, -0.2) is 4.98 Å². The van der Waals surface area contributed by atoms with Gasteiger partial charge in [-0.05, 0) is 24.3 Å². The van der Waals surface area contributed by atoms with Crippen molar-refractivity contribution < 1.29 is 4.74 Å². The maximum absolute atomic E-state index is 5.24. The van der Waals surface area contributed by atoms with Crippen LogP contribution in [0.5, 0.6) is 5.75 Å². The third-order valence-corrected chi connectivity index (χ3v) is 2.98. The summed E-state index contributed by atoms with van der Waals surface area (Å²) < 4.78 is 7.26. The molecule has 0 unspecified atom stereocenters. The molecule has 0 radical (unpaired) electrons. The van der Waals surface area contributed by atoms with E-state index < -0.39 is 0 Å². The molecule has 0 atom stereocenters. The highest BCUT2D eigenvalue weighted by Gasteiger charge is 2.10. The lowest BCUT2D eigenvalue weighted by Crippen LogP contribution is -1.94. The molecule has 0 amide bonds. The number of ether oxygens (including phenoxy) is 1. The van der Waals surface area contributed by atoms with Crippen LogP contribution in [0.3, 0.4) is 0 Å². The summed E-state index contributed by atoms with van der Waals surface area (Å²) in [6, 6.07) is 11.7. The number of nitrogens with zero attached hydrogens (tertiary/aromatic N) is 3. The summed E-state index contributed by atoms with van der Waals surface area (Å²) in [5.74, 6) is 1.69. The highest BCUT2D eigenvalue weighted by atomic mass is 16.5. The van der Waals surface area contributed by atoms with Crippen LogP contribution in [0.25, 0.3) is 22.6 Å². The van der Waals surface area contributed by atoms with Gasteiger partial charge in [0.05, 0.1) is 18.1 Å². The molecular formula is C14H13N3O. The van der Waals surface area contributed by atoms with E-state index in [1.807, 2.05) is 48.0 Å². The number of methoxy groups -OCH3 is 1. The first-order valence-electron chi connectivity index (χ1n) is 5.71. The van der Waals surface area contributed by atoms with E-state index in [9.17, 15) is 0 Å². The van der Waals surface area contributed by atoms with E-state index in [1.165, 1.54) is 0 Å². The Morgan fingerprint density at radius 2 is 2.06 bits per heavy atom. The number of aryl methyl sites for hydroxylation is 1. The summed E-state index contributed by atoms with van der Waals surface area (Å²) in [4.78, 5) is 8.94. The Balaban J connectivity index is 2.23. The maximum atomic E-state index is 5.24. The van der Waals surface area contributed by atoms with Crippen LogP contribution < -0.4 is 4.74 Å². The van der Waals surface area contributed by atoms with Gasteiger partial charge in [0.1, 0.15) is 11.4 Å². The zero-order valence-corrected chi connectivity index (χ0v) is 10.3. The van der Waals surface area contributed by atoms with Crippen molar-refractivity contribution >= 4 is 11.0 Å². The predicted octanol–water partition coefficient (Wildman–Crippen LogP) is 2.64. The van der Waals surface area contributed by atoms with Crippen molar-refractivity contribution in [2.24, 2.45) is 7.05 Å². The number of imidazole rings is 1. The molecule has 1 aromatic carbocycles. The normalized spacial score (nSPS) is 10.8. The molecule has 18 heavy (non-hydrogen) atoms. The molecule has 0 aliphatic carbocycles. The highest BCUT2D eigenvalue weighted by molar-refractivity contribution is 5.81. The molecule has 0 saturated heterocycles. The molecule has 90 valence electrons. The van der Waals surface area contributed by atoms with Gasteiger partial charge in [-0.15, -0.1) is 0 Å². The fraction of sp³-hybridized carbons (Fsp3) is 0.143. The van der Waals surface area contributed by atoms with Crippen molar-refractivity contribution in [3.63, 3.8) is 0 Å². The van der Waals surface area contributed by atoms with Gasteiger partial charge in [0.2, 0.25) is 0 Å². The first kappa shape index (κ1) is 10.8. The summed E-state index contributed by atoms with van der Waals surface area (Å²) in [5.41, 5.74) is 2.85. The molecule has 2 aromatic heterocycles. The molecule has 0 N–H and O–H groups in total. The average Bonchev–Trinajstić information content (AvgIpc) is 2.77. The summed E-state index contributed by atoms with van der Waals surface area (Å²) >= 11 is 0. The van der Waals surface area contributed by atoms with Crippen LogP contribution in [0.15, 0.2) is 42.6 Å². The van der Waals surface area contributed by atoms with Crippen molar-refractivity contribution in [3.8, 4) is 17.3 Å². The molecule has 0 aliphatic heterocycles. The van der Waals surface area contributed by atoms with Gasteiger partial charge in [-0.2, -0.15) is 0 Å². The Hall–Kier alpha value is -2.36. The van der Waals surface area contributed by atoms with Gasteiger partial charge in [0.15, 0.2) is 5.82 Å². The van der Waals surface area contributed by atoms with Gasteiger partial charge in [0, 0.05) is 19.3 Å². The van der Waals surface area contributed by atoms with Crippen LogP contribution in [0.2, 0.25) is 0 Å². The Morgan fingerprint density at radius 3 is 2.78 bits per heavy atom. The second-order valence-electron chi connectivity index (χ2n) is 4.06. The van der Waals surface area contributed by atoms with E-state index in [1.54, 1.807) is 13.3 Å². The van der Waals surface area contributed by atoms with E-state index >= 15 is 0 Å². The third-order valence-electron chi connectivity index (χ3n) is 2.98. The van der Waals surface area contributed by atoms with E-state index in [2.05, 4.69) is 9.97 Å². The van der Waals surface area contributed by atoms with Crippen molar-refractivity contribution in [3.05, 3.63) is 42.6 Å². The number of hydrogen-bond donors (Lipinski definition) is 0. The zero-order chi connectivity index (χ0) is 12.5. The Kier molecular flexibility index (Phi) is 2.48. The Labute approximate surface area is 105 Å². The molecule has 0 spiro atoms. The third kappa shape index (κ3) is 1.62. The smallest absolute Gasteiger partial charge is 0.159 e. The first-order chi connectivity index (χ1) is 8.79. The highest BCUT2D eigenvalue weighted by Crippen LogP contribution is 2.25. The molecule has 2 heterocycles. The van der Waals surface area contributed by atoms with Crippen LogP contribution in [-0.2, 0) is 7.05 Å². The number of rotatable bonds is 2. The van der Waals surface area contributed by atoms with Crippen molar-refractivity contribution in [1.82, 2.24) is 14.5 Å². The van der Waals surface area contributed by atoms with Crippen LogP contribution in [0, 0.1) is 0 Å². The van der Waals surface area contributed by atoms with Crippen LogP contribution in [0.1, 0.15) is 0 Å². The summed E-state index contributed by atoms with van der Waals surface area (Å²) in [6.07, 6.45) is 1.77. The van der Waals surface area contributed by atoms with Crippen LogP contribution in [0.4, 0.5) is 0 Å². The molecular weight excluding hydrogens is 226 g/mol. The second kappa shape index (κ2) is 4.14. The molecule has 4 heteroatoms. The summed E-state index contributed by atoms with van der Waals surface area (Å²) in [5, 5.41) is 0. The predicted molar refractivity (Wildman–Crippen MR) is 70.5 cm³/mol. The van der Waals surface area contributed by atoms with E-state index in [4.69, 9.17) is 4.74 Å². The molecule has 4 nitrogen and oxygen atoms in total. The number of aromatic nitrogens is 3. The Bertz CT molecular complexity index is 689. The number of hydrogen-bond acceptors (Lipinski definition) is 3. The quantitative estimate of drug-likeness (QED) is 0.690.